The first-order chi connectivity index (χ1) is 9.66. The van der Waals surface area contributed by atoms with E-state index in [-0.39, 0.29) is 0 Å². The lowest BCUT2D eigenvalue weighted by molar-refractivity contribution is 0.750. The van der Waals surface area contributed by atoms with E-state index in [4.69, 9.17) is 12.2 Å². The van der Waals surface area contributed by atoms with E-state index >= 15 is 0 Å². The highest BCUT2D eigenvalue weighted by Gasteiger charge is 2.12. The van der Waals surface area contributed by atoms with Crippen molar-refractivity contribution in [3.05, 3.63) is 63.8 Å². The number of halogens is 1. The Hall–Kier alpha value is -1.72. The first-order valence-corrected chi connectivity index (χ1v) is 7.34. The molecule has 0 amide bonds. The molecule has 0 N–H and O–H groups in total. The highest BCUT2D eigenvalue weighted by molar-refractivity contribution is 9.10. The third-order valence-electron chi connectivity index (χ3n) is 3.04. The minimum atomic E-state index is 0.675. The van der Waals surface area contributed by atoms with Crippen molar-refractivity contribution in [2.45, 2.75) is 0 Å². The molecule has 5 heteroatoms. The van der Waals surface area contributed by atoms with Gasteiger partial charge in [-0.1, -0.05) is 46.3 Å². The molecular formula is C15H12BrN3S. The summed E-state index contributed by atoms with van der Waals surface area (Å²) in [5, 5.41) is 4.55. The molecule has 0 bridgehead atoms. The van der Waals surface area contributed by atoms with Crippen molar-refractivity contribution >= 4 is 28.1 Å². The van der Waals surface area contributed by atoms with Crippen LogP contribution in [0.2, 0.25) is 0 Å². The Morgan fingerprint density at radius 2 is 1.65 bits per heavy atom. The molecule has 0 aliphatic carbocycles. The zero-order valence-corrected chi connectivity index (χ0v) is 13.2. The molecule has 0 aliphatic heterocycles. The topological polar surface area (TPSA) is 22.8 Å². The highest BCUT2D eigenvalue weighted by atomic mass is 79.9. The molecule has 0 fully saturated rings. The maximum Gasteiger partial charge on any atom is 0.202 e. The molecule has 0 saturated carbocycles. The number of hydrogen-bond acceptors (Lipinski definition) is 2. The van der Waals surface area contributed by atoms with E-state index in [1.165, 1.54) is 0 Å². The number of benzene rings is 2. The Balaban J connectivity index is 2.25. The lowest BCUT2D eigenvalue weighted by Crippen LogP contribution is -1.97. The first kappa shape index (κ1) is 13.3. The van der Waals surface area contributed by atoms with Crippen molar-refractivity contribution in [3.63, 3.8) is 0 Å². The van der Waals surface area contributed by atoms with Crippen LogP contribution < -0.4 is 0 Å². The highest BCUT2D eigenvalue weighted by Crippen LogP contribution is 2.23. The maximum absolute atomic E-state index is 5.48. The van der Waals surface area contributed by atoms with Crippen molar-refractivity contribution in [1.29, 1.82) is 0 Å². The number of para-hydroxylation sites is 1. The van der Waals surface area contributed by atoms with Crippen LogP contribution in [0.5, 0.6) is 0 Å². The van der Waals surface area contributed by atoms with Crippen molar-refractivity contribution in [1.82, 2.24) is 14.3 Å². The van der Waals surface area contributed by atoms with Gasteiger partial charge in [-0.2, -0.15) is 5.10 Å². The van der Waals surface area contributed by atoms with Gasteiger partial charge in [0.15, 0.2) is 5.82 Å². The molecule has 0 unspecified atom stereocenters. The normalized spacial score (nSPS) is 10.7. The van der Waals surface area contributed by atoms with Crippen LogP contribution in [0.15, 0.2) is 59.1 Å². The van der Waals surface area contributed by atoms with Gasteiger partial charge in [0.05, 0.1) is 0 Å². The minimum absolute atomic E-state index is 0.675. The lowest BCUT2D eigenvalue weighted by atomic mass is 10.2. The third-order valence-corrected chi connectivity index (χ3v) is 4.02. The molecule has 100 valence electrons. The van der Waals surface area contributed by atoms with E-state index in [9.17, 15) is 0 Å². The van der Waals surface area contributed by atoms with Gasteiger partial charge in [0.2, 0.25) is 4.77 Å². The fourth-order valence-electron chi connectivity index (χ4n) is 2.06. The zero-order chi connectivity index (χ0) is 14.1. The van der Waals surface area contributed by atoms with Gasteiger partial charge in [0.25, 0.3) is 0 Å². The summed E-state index contributed by atoms with van der Waals surface area (Å²) >= 11 is 8.92. The molecular weight excluding hydrogens is 334 g/mol. The van der Waals surface area contributed by atoms with Crippen molar-refractivity contribution < 1.29 is 0 Å². The van der Waals surface area contributed by atoms with E-state index < -0.39 is 0 Å². The molecule has 3 aromatic rings. The van der Waals surface area contributed by atoms with Crippen LogP contribution in [-0.4, -0.2) is 14.3 Å². The summed E-state index contributed by atoms with van der Waals surface area (Å²) in [4.78, 5) is 0. The molecule has 2 aromatic carbocycles. The van der Waals surface area contributed by atoms with Crippen LogP contribution in [0.3, 0.4) is 0 Å². The largest absolute Gasteiger partial charge is 0.268 e. The fraction of sp³-hybridized carbons (Fsp3) is 0.0667. The van der Waals surface area contributed by atoms with Gasteiger partial charge in [0, 0.05) is 22.8 Å². The van der Waals surface area contributed by atoms with Gasteiger partial charge in [-0.25, -0.2) is 4.68 Å². The minimum Gasteiger partial charge on any atom is -0.268 e. The zero-order valence-electron chi connectivity index (χ0n) is 10.8. The van der Waals surface area contributed by atoms with E-state index in [2.05, 4.69) is 21.0 Å². The summed E-state index contributed by atoms with van der Waals surface area (Å²) in [5.41, 5.74) is 2.05. The second-order valence-electron chi connectivity index (χ2n) is 4.41. The van der Waals surface area contributed by atoms with Gasteiger partial charge in [-0.05, 0) is 36.5 Å². The van der Waals surface area contributed by atoms with Gasteiger partial charge in [-0.15, -0.1) is 0 Å². The van der Waals surface area contributed by atoms with E-state index in [0.29, 0.717) is 4.77 Å². The Labute approximate surface area is 130 Å². The number of aryl methyl sites for hydroxylation is 1. The second-order valence-corrected chi connectivity index (χ2v) is 5.69. The Morgan fingerprint density at radius 3 is 2.30 bits per heavy atom. The number of rotatable bonds is 2. The van der Waals surface area contributed by atoms with Gasteiger partial charge < -0.3 is 0 Å². The van der Waals surface area contributed by atoms with Crippen LogP contribution in [0.25, 0.3) is 17.1 Å². The molecule has 3 nitrogen and oxygen atoms in total. The third kappa shape index (κ3) is 2.34. The number of hydrogen-bond donors (Lipinski definition) is 0. The predicted octanol–water partition coefficient (Wildman–Crippen LogP) is 4.37. The van der Waals surface area contributed by atoms with Crippen LogP contribution in [0.1, 0.15) is 0 Å². The van der Waals surface area contributed by atoms with Crippen molar-refractivity contribution in [2.75, 3.05) is 0 Å². The Bertz CT molecular complexity index is 788. The summed E-state index contributed by atoms with van der Waals surface area (Å²) in [6.07, 6.45) is 0. The molecule has 0 aliphatic rings. The fourth-order valence-corrected chi connectivity index (χ4v) is 2.56. The predicted molar refractivity (Wildman–Crippen MR) is 86.5 cm³/mol. The number of nitrogens with zero attached hydrogens (tertiary/aromatic N) is 3. The molecule has 0 spiro atoms. The average Bonchev–Trinajstić information content (AvgIpc) is 2.77. The summed E-state index contributed by atoms with van der Waals surface area (Å²) < 4.78 is 5.43. The average molecular weight is 346 g/mol. The smallest absolute Gasteiger partial charge is 0.202 e. The van der Waals surface area contributed by atoms with Gasteiger partial charge in [-0.3, -0.25) is 4.57 Å². The van der Waals surface area contributed by atoms with E-state index in [1.54, 1.807) is 4.68 Å². The van der Waals surface area contributed by atoms with Crippen LogP contribution >= 0.6 is 28.1 Å². The first-order valence-electron chi connectivity index (χ1n) is 6.14. The SMILES string of the molecule is Cn1nc(-c2ccc(Br)cc2)n(-c2ccccc2)c1=S. The van der Waals surface area contributed by atoms with Crippen LogP contribution in [0, 0.1) is 4.77 Å². The van der Waals surface area contributed by atoms with Crippen molar-refractivity contribution in [2.24, 2.45) is 7.05 Å². The molecule has 1 aromatic heterocycles. The standard InChI is InChI=1S/C15H12BrN3S/c1-18-15(20)19(13-5-3-2-4-6-13)14(17-18)11-7-9-12(16)10-8-11/h2-10H,1H3. The lowest BCUT2D eigenvalue weighted by Gasteiger charge is -2.06. The molecule has 1 heterocycles. The molecule has 20 heavy (non-hydrogen) atoms. The summed E-state index contributed by atoms with van der Waals surface area (Å²) in [7, 11) is 1.87. The number of aromatic nitrogens is 3. The van der Waals surface area contributed by atoms with Crippen molar-refractivity contribution in [3.8, 4) is 17.1 Å². The maximum atomic E-state index is 5.48. The molecule has 0 atom stereocenters. The monoisotopic (exact) mass is 345 g/mol. The Morgan fingerprint density at radius 1 is 1.00 bits per heavy atom. The van der Waals surface area contributed by atoms with Gasteiger partial charge >= 0.3 is 0 Å². The molecule has 3 rings (SSSR count). The molecule has 0 saturated heterocycles. The van der Waals surface area contributed by atoms with Crippen LogP contribution in [-0.2, 0) is 7.05 Å². The molecule has 0 radical (unpaired) electrons. The summed E-state index contributed by atoms with van der Waals surface area (Å²) in [5.74, 6) is 0.844. The Kier molecular flexibility index (Phi) is 3.54. The summed E-state index contributed by atoms with van der Waals surface area (Å²) in [6.45, 7) is 0. The second kappa shape index (κ2) is 5.34. The van der Waals surface area contributed by atoms with Crippen LogP contribution in [0.4, 0.5) is 0 Å². The summed E-state index contributed by atoms with van der Waals surface area (Å²) in [6, 6.07) is 18.1. The van der Waals surface area contributed by atoms with E-state index in [1.807, 2.05) is 66.2 Å². The quantitative estimate of drug-likeness (QED) is 0.643. The van der Waals surface area contributed by atoms with Gasteiger partial charge in [0.1, 0.15) is 0 Å². The van der Waals surface area contributed by atoms with E-state index in [0.717, 1.165) is 21.5 Å².